The van der Waals surface area contributed by atoms with Crippen LogP contribution in [0.5, 0.6) is 0 Å². The summed E-state index contributed by atoms with van der Waals surface area (Å²) in [5.74, 6) is 0. The van der Waals surface area contributed by atoms with Crippen LogP contribution < -0.4 is 5.32 Å². The fourth-order valence-electron chi connectivity index (χ4n) is 1.57. The Morgan fingerprint density at radius 3 is 3.00 bits per heavy atom. The standard InChI is InChI=1S/C11H13N2/c1-12-7-6-9-8-13-11-5-3-2-4-10(9)11/h2-5,8,13H,6-7H2,1H3. The molecule has 0 aliphatic rings. The second-order valence-electron chi connectivity index (χ2n) is 3.15. The van der Waals surface area contributed by atoms with E-state index in [2.05, 4.69) is 34.7 Å². The van der Waals surface area contributed by atoms with Gasteiger partial charge in [-0.1, -0.05) is 18.2 Å². The van der Waals surface area contributed by atoms with Crippen molar-refractivity contribution < 1.29 is 0 Å². The lowest BCUT2D eigenvalue weighted by Gasteiger charge is -1.96. The Kier molecular flexibility index (Phi) is 2.32. The molecular weight excluding hydrogens is 160 g/mol. The summed E-state index contributed by atoms with van der Waals surface area (Å²) in [6.45, 7) is 0.905. The van der Waals surface area contributed by atoms with Crippen molar-refractivity contribution >= 4 is 10.9 Å². The molecule has 13 heavy (non-hydrogen) atoms. The second kappa shape index (κ2) is 3.62. The van der Waals surface area contributed by atoms with Crippen molar-refractivity contribution in [2.45, 2.75) is 6.42 Å². The average Bonchev–Trinajstić information content (AvgIpc) is 2.58. The molecular formula is C11H13N2. The van der Waals surface area contributed by atoms with Crippen molar-refractivity contribution in [3.05, 3.63) is 36.0 Å². The molecule has 0 atom stereocenters. The number of hydrogen-bond acceptors (Lipinski definition) is 0. The summed E-state index contributed by atoms with van der Waals surface area (Å²) in [4.78, 5) is 3.26. The van der Waals surface area contributed by atoms with Crippen LogP contribution in [-0.4, -0.2) is 18.6 Å². The van der Waals surface area contributed by atoms with Crippen molar-refractivity contribution in [2.24, 2.45) is 0 Å². The van der Waals surface area contributed by atoms with Crippen LogP contribution in [-0.2, 0) is 6.42 Å². The largest absolute Gasteiger partial charge is 0.361 e. The number of likely N-dealkylation sites (N-methyl/N-ethyl adjacent to an activating group) is 1. The van der Waals surface area contributed by atoms with Gasteiger partial charge in [-0.15, -0.1) is 0 Å². The first kappa shape index (κ1) is 8.32. The topological polar surface area (TPSA) is 29.9 Å². The van der Waals surface area contributed by atoms with Gasteiger partial charge in [0.05, 0.1) is 0 Å². The SMILES string of the molecule is C[N]CCc1c[nH]c2ccccc12. The fraction of sp³-hybridized carbons (Fsp3) is 0.273. The number of aromatic amines is 1. The van der Waals surface area contributed by atoms with Gasteiger partial charge in [-0.3, -0.25) is 0 Å². The highest BCUT2D eigenvalue weighted by molar-refractivity contribution is 5.82. The number of rotatable bonds is 3. The maximum absolute atomic E-state index is 4.10. The summed E-state index contributed by atoms with van der Waals surface area (Å²) in [5, 5.41) is 5.43. The quantitative estimate of drug-likeness (QED) is 0.735. The van der Waals surface area contributed by atoms with E-state index >= 15 is 0 Å². The van der Waals surface area contributed by atoms with Crippen LogP contribution in [0.4, 0.5) is 0 Å². The molecule has 0 saturated carbocycles. The first-order chi connectivity index (χ1) is 6.42. The lowest BCUT2D eigenvalue weighted by molar-refractivity contribution is 0.780. The molecule has 0 amide bonds. The minimum Gasteiger partial charge on any atom is -0.361 e. The Hall–Kier alpha value is -1.28. The summed E-state index contributed by atoms with van der Waals surface area (Å²) in [6, 6.07) is 8.37. The molecule has 2 rings (SSSR count). The van der Waals surface area contributed by atoms with E-state index in [9.17, 15) is 0 Å². The minimum absolute atomic E-state index is 0.905. The number of benzene rings is 1. The summed E-state index contributed by atoms with van der Waals surface area (Å²) in [6.07, 6.45) is 3.11. The number of para-hydroxylation sites is 1. The zero-order valence-electron chi connectivity index (χ0n) is 7.75. The highest BCUT2D eigenvalue weighted by Gasteiger charge is 2.00. The van der Waals surface area contributed by atoms with Gasteiger partial charge in [0.15, 0.2) is 0 Å². The van der Waals surface area contributed by atoms with E-state index in [0.29, 0.717) is 0 Å². The van der Waals surface area contributed by atoms with E-state index in [1.54, 1.807) is 0 Å². The third-order valence-corrected chi connectivity index (χ3v) is 2.28. The van der Waals surface area contributed by atoms with E-state index in [-0.39, 0.29) is 0 Å². The predicted octanol–water partition coefficient (Wildman–Crippen LogP) is 1.94. The minimum atomic E-state index is 0.905. The molecule has 1 N–H and O–H groups in total. The van der Waals surface area contributed by atoms with Gasteiger partial charge in [0.2, 0.25) is 0 Å². The fourth-order valence-corrected chi connectivity index (χ4v) is 1.57. The summed E-state index contributed by atoms with van der Waals surface area (Å²) in [5.41, 5.74) is 2.58. The van der Waals surface area contributed by atoms with Gasteiger partial charge in [-0.05, 0) is 18.1 Å². The monoisotopic (exact) mass is 173 g/mol. The van der Waals surface area contributed by atoms with Crippen LogP contribution in [0, 0.1) is 0 Å². The normalized spacial score (nSPS) is 10.8. The van der Waals surface area contributed by atoms with Crippen molar-refractivity contribution in [3.63, 3.8) is 0 Å². The van der Waals surface area contributed by atoms with Crippen LogP contribution in [0.1, 0.15) is 5.56 Å². The molecule has 2 nitrogen and oxygen atoms in total. The number of H-pyrrole nitrogens is 1. The van der Waals surface area contributed by atoms with Crippen LogP contribution in [0.3, 0.4) is 0 Å². The van der Waals surface area contributed by atoms with Crippen molar-refractivity contribution in [3.8, 4) is 0 Å². The maximum Gasteiger partial charge on any atom is 0.0456 e. The van der Waals surface area contributed by atoms with Crippen molar-refractivity contribution in [1.82, 2.24) is 10.3 Å². The molecule has 0 bridgehead atoms. The van der Waals surface area contributed by atoms with E-state index in [1.807, 2.05) is 13.1 Å². The van der Waals surface area contributed by atoms with Crippen molar-refractivity contribution in [2.75, 3.05) is 13.6 Å². The molecule has 0 aliphatic carbocycles. The van der Waals surface area contributed by atoms with Gasteiger partial charge in [0, 0.05) is 30.7 Å². The molecule has 1 radical (unpaired) electrons. The van der Waals surface area contributed by atoms with Crippen LogP contribution in [0.2, 0.25) is 0 Å². The molecule has 0 unspecified atom stereocenters. The van der Waals surface area contributed by atoms with E-state index in [0.717, 1.165) is 13.0 Å². The third kappa shape index (κ3) is 1.58. The second-order valence-corrected chi connectivity index (χ2v) is 3.15. The molecule has 0 aliphatic heterocycles. The molecule has 0 fully saturated rings. The molecule has 2 aromatic rings. The lowest BCUT2D eigenvalue weighted by Crippen LogP contribution is -2.02. The maximum atomic E-state index is 4.10. The molecule has 0 spiro atoms. The highest BCUT2D eigenvalue weighted by atomic mass is 14.8. The predicted molar refractivity (Wildman–Crippen MR) is 54.9 cm³/mol. The molecule has 2 heteroatoms. The van der Waals surface area contributed by atoms with Crippen LogP contribution in [0.25, 0.3) is 10.9 Å². The molecule has 1 aromatic heterocycles. The van der Waals surface area contributed by atoms with Crippen LogP contribution >= 0.6 is 0 Å². The first-order valence-corrected chi connectivity index (χ1v) is 4.52. The van der Waals surface area contributed by atoms with Gasteiger partial charge in [-0.2, -0.15) is 0 Å². The number of aromatic nitrogens is 1. The van der Waals surface area contributed by atoms with Crippen LogP contribution in [0.15, 0.2) is 30.5 Å². The molecule has 1 heterocycles. The lowest BCUT2D eigenvalue weighted by atomic mass is 10.1. The van der Waals surface area contributed by atoms with Gasteiger partial charge >= 0.3 is 0 Å². The van der Waals surface area contributed by atoms with E-state index < -0.39 is 0 Å². The first-order valence-electron chi connectivity index (χ1n) is 4.52. The highest BCUT2D eigenvalue weighted by Crippen LogP contribution is 2.17. The molecule has 67 valence electrons. The average molecular weight is 173 g/mol. The van der Waals surface area contributed by atoms with Crippen molar-refractivity contribution in [1.29, 1.82) is 0 Å². The van der Waals surface area contributed by atoms with Gasteiger partial charge in [-0.25, -0.2) is 5.32 Å². The van der Waals surface area contributed by atoms with Gasteiger partial charge in [0.1, 0.15) is 0 Å². The summed E-state index contributed by atoms with van der Waals surface area (Å²) < 4.78 is 0. The Balaban J connectivity index is 2.35. The Morgan fingerprint density at radius 2 is 2.15 bits per heavy atom. The van der Waals surface area contributed by atoms with Gasteiger partial charge in [0.25, 0.3) is 0 Å². The zero-order chi connectivity index (χ0) is 9.10. The summed E-state index contributed by atoms with van der Waals surface area (Å²) >= 11 is 0. The molecule has 1 aromatic carbocycles. The number of nitrogens with one attached hydrogen (secondary N) is 1. The summed E-state index contributed by atoms with van der Waals surface area (Å²) in [7, 11) is 1.86. The third-order valence-electron chi connectivity index (χ3n) is 2.28. The Morgan fingerprint density at radius 1 is 1.31 bits per heavy atom. The van der Waals surface area contributed by atoms with E-state index in [1.165, 1.54) is 16.5 Å². The zero-order valence-corrected chi connectivity index (χ0v) is 7.75. The van der Waals surface area contributed by atoms with E-state index in [4.69, 9.17) is 0 Å². The van der Waals surface area contributed by atoms with Gasteiger partial charge < -0.3 is 4.98 Å². The number of hydrogen-bond donors (Lipinski definition) is 1. The molecule has 0 saturated heterocycles. The smallest absolute Gasteiger partial charge is 0.0456 e. The number of nitrogens with zero attached hydrogens (tertiary/aromatic N) is 1. The number of fused-ring (bicyclic) bond motifs is 1. The Labute approximate surface area is 78.0 Å². The Bertz CT molecular complexity index is 390.